The smallest absolute Gasteiger partial charge is 0.261 e. The van der Waals surface area contributed by atoms with Gasteiger partial charge in [0.15, 0.2) is 6.10 Å². The van der Waals surface area contributed by atoms with Crippen molar-refractivity contribution in [3.63, 3.8) is 0 Å². The summed E-state index contributed by atoms with van der Waals surface area (Å²) in [5.41, 5.74) is 0. The molecule has 21 heavy (non-hydrogen) atoms. The lowest BCUT2D eigenvalue weighted by molar-refractivity contribution is -0.128. The number of hydrogen-bond acceptors (Lipinski definition) is 3. The molecule has 116 valence electrons. The minimum atomic E-state index is -0.596. The van der Waals surface area contributed by atoms with Crippen LogP contribution >= 0.6 is 23.2 Å². The lowest BCUT2D eigenvalue weighted by Crippen LogP contribution is -2.51. The van der Waals surface area contributed by atoms with Gasteiger partial charge in [0.05, 0.1) is 0 Å². The second-order valence-electron chi connectivity index (χ2n) is 5.45. The standard InChI is InChI=1S/C15H20Cl2N2O2/c1-9-8-18-4-3-14(9)19-15(20)10(2)21-13-6-11(16)5-12(17)7-13/h5-7,9-10,14,18H,3-4,8H2,1-2H3,(H,19,20). The number of amides is 1. The summed E-state index contributed by atoms with van der Waals surface area (Å²) in [5, 5.41) is 7.32. The third kappa shape index (κ3) is 4.77. The lowest BCUT2D eigenvalue weighted by atomic mass is 9.95. The van der Waals surface area contributed by atoms with Crippen LogP contribution < -0.4 is 15.4 Å². The van der Waals surface area contributed by atoms with Crippen LogP contribution in [0.25, 0.3) is 0 Å². The van der Waals surface area contributed by atoms with Gasteiger partial charge in [-0.25, -0.2) is 0 Å². The molecule has 3 unspecified atom stereocenters. The molecule has 0 radical (unpaired) electrons. The summed E-state index contributed by atoms with van der Waals surface area (Å²) in [4.78, 5) is 12.2. The largest absolute Gasteiger partial charge is 0.481 e. The highest BCUT2D eigenvalue weighted by Crippen LogP contribution is 2.25. The van der Waals surface area contributed by atoms with E-state index in [1.54, 1.807) is 25.1 Å². The van der Waals surface area contributed by atoms with Crippen LogP contribution in [0.2, 0.25) is 10.0 Å². The van der Waals surface area contributed by atoms with E-state index in [0.29, 0.717) is 21.7 Å². The van der Waals surface area contributed by atoms with Crippen molar-refractivity contribution < 1.29 is 9.53 Å². The van der Waals surface area contributed by atoms with Gasteiger partial charge in [0.25, 0.3) is 5.91 Å². The number of hydrogen-bond donors (Lipinski definition) is 2. The fourth-order valence-electron chi connectivity index (χ4n) is 2.38. The van der Waals surface area contributed by atoms with Gasteiger partial charge in [-0.3, -0.25) is 4.79 Å². The molecule has 1 aliphatic rings. The molecule has 2 N–H and O–H groups in total. The van der Waals surface area contributed by atoms with Crippen molar-refractivity contribution in [3.05, 3.63) is 28.2 Å². The van der Waals surface area contributed by atoms with E-state index in [0.717, 1.165) is 19.5 Å². The molecule has 1 aromatic carbocycles. The third-order valence-electron chi connectivity index (χ3n) is 3.63. The first kappa shape index (κ1) is 16.4. The topological polar surface area (TPSA) is 50.4 Å². The molecule has 1 saturated heterocycles. The Labute approximate surface area is 135 Å². The number of rotatable bonds is 4. The average molecular weight is 331 g/mol. The molecule has 0 aromatic heterocycles. The van der Waals surface area contributed by atoms with E-state index in [1.807, 2.05) is 0 Å². The average Bonchev–Trinajstić information content (AvgIpc) is 2.40. The minimum Gasteiger partial charge on any atom is -0.481 e. The Kier molecular flexibility index (Phi) is 5.73. The van der Waals surface area contributed by atoms with Crippen molar-refractivity contribution in [2.45, 2.75) is 32.4 Å². The Bertz CT molecular complexity index is 490. The van der Waals surface area contributed by atoms with Crippen molar-refractivity contribution in [3.8, 4) is 5.75 Å². The van der Waals surface area contributed by atoms with Crippen LogP contribution in [0, 0.1) is 5.92 Å². The molecule has 1 fully saturated rings. The molecular formula is C15H20Cl2N2O2. The van der Waals surface area contributed by atoms with E-state index in [4.69, 9.17) is 27.9 Å². The van der Waals surface area contributed by atoms with E-state index in [9.17, 15) is 4.79 Å². The predicted molar refractivity (Wildman–Crippen MR) is 85.1 cm³/mol. The fourth-order valence-corrected chi connectivity index (χ4v) is 2.89. The highest BCUT2D eigenvalue weighted by molar-refractivity contribution is 6.34. The molecule has 1 aliphatic heterocycles. The van der Waals surface area contributed by atoms with Gasteiger partial charge in [0.2, 0.25) is 0 Å². The van der Waals surface area contributed by atoms with Gasteiger partial charge in [0, 0.05) is 16.1 Å². The Balaban J connectivity index is 1.92. The van der Waals surface area contributed by atoms with Crippen LogP contribution in [0.5, 0.6) is 5.75 Å². The Morgan fingerprint density at radius 1 is 1.38 bits per heavy atom. The van der Waals surface area contributed by atoms with E-state index >= 15 is 0 Å². The molecule has 1 amide bonds. The van der Waals surface area contributed by atoms with Gasteiger partial charge >= 0.3 is 0 Å². The summed E-state index contributed by atoms with van der Waals surface area (Å²) in [5.74, 6) is 0.786. The number of piperidine rings is 1. The molecule has 6 heteroatoms. The van der Waals surface area contributed by atoms with Crippen molar-refractivity contribution in [1.82, 2.24) is 10.6 Å². The van der Waals surface area contributed by atoms with Gasteiger partial charge in [0.1, 0.15) is 5.75 Å². The molecule has 2 rings (SSSR count). The quantitative estimate of drug-likeness (QED) is 0.892. The van der Waals surface area contributed by atoms with Gasteiger partial charge in [-0.1, -0.05) is 30.1 Å². The number of carbonyl (C=O) groups is 1. The molecule has 0 aliphatic carbocycles. The molecule has 0 spiro atoms. The third-order valence-corrected chi connectivity index (χ3v) is 4.07. The Morgan fingerprint density at radius 3 is 2.67 bits per heavy atom. The molecule has 3 atom stereocenters. The maximum Gasteiger partial charge on any atom is 0.261 e. The summed E-state index contributed by atoms with van der Waals surface area (Å²) in [6.45, 7) is 5.69. The summed E-state index contributed by atoms with van der Waals surface area (Å²) in [6, 6.07) is 5.10. The van der Waals surface area contributed by atoms with Crippen LogP contribution in [0.1, 0.15) is 20.3 Å². The van der Waals surface area contributed by atoms with Crippen LogP contribution in [-0.4, -0.2) is 31.1 Å². The molecule has 1 aromatic rings. The van der Waals surface area contributed by atoms with E-state index in [2.05, 4.69) is 17.6 Å². The second kappa shape index (κ2) is 7.34. The summed E-state index contributed by atoms with van der Waals surface area (Å²) in [6.07, 6.45) is 0.337. The zero-order valence-electron chi connectivity index (χ0n) is 12.2. The first-order chi connectivity index (χ1) is 9.95. The highest BCUT2D eigenvalue weighted by atomic mass is 35.5. The first-order valence-electron chi connectivity index (χ1n) is 7.09. The molecular weight excluding hydrogens is 311 g/mol. The van der Waals surface area contributed by atoms with E-state index in [1.165, 1.54) is 0 Å². The SMILES string of the molecule is CC(Oc1cc(Cl)cc(Cl)c1)C(=O)NC1CCNCC1C. The number of carbonyl (C=O) groups excluding carboxylic acids is 1. The van der Waals surface area contributed by atoms with Crippen LogP contribution in [0.3, 0.4) is 0 Å². The molecule has 0 saturated carbocycles. The van der Waals surface area contributed by atoms with Gasteiger partial charge in [-0.2, -0.15) is 0 Å². The van der Waals surface area contributed by atoms with Crippen LogP contribution in [-0.2, 0) is 4.79 Å². The van der Waals surface area contributed by atoms with Crippen molar-refractivity contribution in [2.24, 2.45) is 5.92 Å². The van der Waals surface area contributed by atoms with E-state index < -0.39 is 6.10 Å². The summed E-state index contributed by atoms with van der Waals surface area (Å²) < 4.78 is 5.62. The monoisotopic (exact) mass is 330 g/mol. The predicted octanol–water partition coefficient (Wildman–Crippen LogP) is 2.87. The van der Waals surface area contributed by atoms with Gasteiger partial charge in [-0.15, -0.1) is 0 Å². The Morgan fingerprint density at radius 2 is 2.05 bits per heavy atom. The second-order valence-corrected chi connectivity index (χ2v) is 6.32. The van der Waals surface area contributed by atoms with Crippen molar-refractivity contribution in [2.75, 3.05) is 13.1 Å². The zero-order chi connectivity index (χ0) is 15.4. The van der Waals surface area contributed by atoms with Crippen molar-refractivity contribution >= 4 is 29.1 Å². The first-order valence-corrected chi connectivity index (χ1v) is 7.85. The summed E-state index contributed by atoms with van der Waals surface area (Å²) >= 11 is 11.8. The van der Waals surface area contributed by atoms with Crippen LogP contribution in [0.15, 0.2) is 18.2 Å². The lowest BCUT2D eigenvalue weighted by Gasteiger charge is -2.31. The summed E-state index contributed by atoms with van der Waals surface area (Å²) in [7, 11) is 0. The minimum absolute atomic E-state index is 0.121. The molecule has 0 bridgehead atoms. The van der Waals surface area contributed by atoms with Gasteiger partial charge in [-0.05, 0) is 50.6 Å². The number of nitrogens with one attached hydrogen (secondary N) is 2. The molecule has 1 heterocycles. The van der Waals surface area contributed by atoms with E-state index in [-0.39, 0.29) is 11.9 Å². The number of ether oxygens (including phenoxy) is 1. The fraction of sp³-hybridized carbons (Fsp3) is 0.533. The highest BCUT2D eigenvalue weighted by Gasteiger charge is 2.25. The van der Waals surface area contributed by atoms with Crippen molar-refractivity contribution in [1.29, 1.82) is 0 Å². The number of benzene rings is 1. The zero-order valence-corrected chi connectivity index (χ0v) is 13.7. The maximum absolute atomic E-state index is 12.2. The number of halogens is 2. The normalized spacial score (nSPS) is 23.4. The maximum atomic E-state index is 12.2. The van der Waals surface area contributed by atoms with Crippen LogP contribution in [0.4, 0.5) is 0 Å². The molecule has 4 nitrogen and oxygen atoms in total. The van der Waals surface area contributed by atoms with Gasteiger partial charge < -0.3 is 15.4 Å². The Hall–Kier alpha value is -0.970.